The van der Waals surface area contributed by atoms with Crippen molar-refractivity contribution in [1.82, 2.24) is 14.7 Å². The van der Waals surface area contributed by atoms with Gasteiger partial charge in [-0.25, -0.2) is 9.48 Å². The van der Waals surface area contributed by atoms with Gasteiger partial charge in [-0.15, -0.1) is 0 Å². The highest BCUT2D eigenvalue weighted by Gasteiger charge is 2.17. The number of ether oxygens (including phenoxy) is 1. The van der Waals surface area contributed by atoms with Crippen LogP contribution in [0.1, 0.15) is 17.0 Å². The van der Waals surface area contributed by atoms with Crippen LogP contribution in [0.15, 0.2) is 69.9 Å². The van der Waals surface area contributed by atoms with Crippen molar-refractivity contribution in [3.63, 3.8) is 0 Å². The molecule has 0 saturated heterocycles. The number of aromatic nitrogens is 2. The summed E-state index contributed by atoms with van der Waals surface area (Å²) in [6, 6.07) is 18.1. The second-order valence-corrected chi connectivity index (χ2v) is 7.39. The van der Waals surface area contributed by atoms with E-state index >= 15 is 0 Å². The van der Waals surface area contributed by atoms with Gasteiger partial charge in [0, 0.05) is 42.4 Å². The van der Waals surface area contributed by atoms with Gasteiger partial charge in [0.1, 0.15) is 11.3 Å². The zero-order valence-corrected chi connectivity index (χ0v) is 17.7. The molecule has 0 spiro atoms. The Hall–Kier alpha value is -3.87. The fourth-order valence-corrected chi connectivity index (χ4v) is 3.44. The lowest BCUT2D eigenvalue weighted by Crippen LogP contribution is -2.31. The molecule has 2 aromatic carbocycles. The Morgan fingerprint density at radius 1 is 1.10 bits per heavy atom. The van der Waals surface area contributed by atoms with Crippen LogP contribution in [0.5, 0.6) is 5.75 Å². The molecule has 0 fully saturated rings. The van der Waals surface area contributed by atoms with Crippen LogP contribution in [-0.2, 0) is 11.3 Å². The van der Waals surface area contributed by atoms with Gasteiger partial charge in [-0.3, -0.25) is 4.79 Å². The third-order valence-electron chi connectivity index (χ3n) is 5.22. The molecule has 158 valence electrons. The molecule has 0 aliphatic heterocycles. The number of benzene rings is 2. The van der Waals surface area contributed by atoms with Crippen molar-refractivity contribution in [2.45, 2.75) is 20.4 Å². The van der Waals surface area contributed by atoms with Crippen molar-refractivity contribution < 1.29 is 13.9 Å². The SMILES string of the molecule is Cc1nn(-c2ccccc2)c(C)c1CN(C)C(=O)COc1ccc2ccc(=O)oc2c1. The fourth-order valence-electron chi connectivity index (χ4n) is 3.44. The molecule has 31 heavy (non-hydrogen) atoms. The summed E-state index contributed by atoms with van der Waals surface area (Å²) < 4.78 is 12.7. The Labute approximate surface area is 179 Å². The molecule has 0 atom stereocenters. The molecule has 4 aromatic rings. The van der Waals surface area contributed by atoms with E-state index in [1.54, 1.807) is 36.2 Å². The van der Waals surface area contributed by atoms with Crippen LogP contribution in [0, 0.1) is 13.8 Å². The Bertz CT molecular complexity index is 1290. The van der Waals surface area contributed by atoms with Crippen molar-refractivity contribution in [3.05, 3.63) is 88.0 Å². The van der Waals surface area contributed by atoms with Gasteiger partial charge in [0.05, 0.1) is 11.4 Å². The maximum Gasteiger partial charge on any atom is 0.336 e. The largest absolute Gasteiger partial charge is 0.484 e. The highest BCUT2D eigenvalue weighted by molar-refractivity contribution is 5.79. The number of rotatable bonds is 6. The first-order chi connectivity index (χ1) is 14.9. The number of hydrogen-bond donors (Lipinski definition) is 0. The first-order valence-corrected chi connectivity index (χ1v) is 9.93. The Kier molecular flexibility index (Phi) is 5.58. The maximum atomic E-state index is 12.6. The summed E-state index contributed by atoms with van der Waals surface area (Å²) in [7, 11) is 1.74. The summed E-state index contributed by atoms with van der Waals surface area (Å²) in [4.78, 5) is 25.7. The van der Waals surface area contributed by atoms with Crippen LogP contribution in [0.3, 0.4) is 0 Å². The average Bonchev–Trinajstić information content (AvgIpc) is 3.06. The smallest absolute Gasteiger partial charge is 0.336 e. The van der Waals surface area contributed by atoms with Crippen LogP contribution >= 0.6 is 0 Å². The van der Waals surface area contributed by atoms with E-state index in [9.17, 15) is 9.59 Å². The predicted octanol–water partition coefficient (Wildman–Crippen LogP) is 3.63. The molecule has 7 nitrogen and oxygen atoms in total. The zero-order chi connectivity index (χ0) is 22.0. The number of carbonyl (C=O) groups excluding carboxylic acids is 1. The molecule has 0 aliphatic carbocycles. The fraction of sp³-hybridized carbons (Fsp3) is 0.208. The van der Waals surface area contributed by atoms with Crippen LogP contribution in [0.2, 0.25) is 0 Å². The van der Waals surface area contributed by atoms with E-state index in [1.807, 2.05) is 48.9 Å². The molecule has 0 unspecified atom stereocenters. The number of para-hydroxylation sites is 1. The van der Waals surface area contributed by atoms with Gasteiger partial charge in [-0.1, -0.05) is 18.2 Å². The minimum absolute atomic E-state index is 0.121. The molecule has 4 rings (SSSR count). The van der Waals surface area contributed by atoms with Gasteiger partial charge in [-0.05, 0) is 44.2 Å². The third-order valence-corrected chi connectivity index (χ3v) is 5.22. The number of hydrogen-bond acceptors (Lipinski definition) is 5. The molecule has 0 bridgehead atoms. The van der Waals surface area contributed by atoms with E-state index in [1.165, 1.54) is 6.07 Å². The second-order valence-electron chi connectivity index (χ2n) is 7.39. The van der Waals surface area contributed by atoms with E-state index < -0.39 is 5.63 Å². The lowest BCUT2D eigenvalue weighted by molar-refractivity contribution is -0.132. The number of likely N-dealkylation sites (N-methyl/N-ethyl adjacent to an activating group) is 1. The van der Waals surface area contributed by atoms with Crippen LogP contribution in [-0.4, -0.2) is 34.2 Å². The zero-order valence-electron chi connectivity index (χ0n) is 17.7. The summed E-state index contributed by atoms with van der Waals surface area (Å²) in [5.74, 6) is 0.300. The topological polar surface area (TPSA) is 77.6 Å². The minimum Gasteiger partial charge on any atom is -0.484 e. The van der Waals surface area contributed by atoms with Gasteiger partial charge >= 0.3 is 5.63 Å². The minimum atomic E-state index is -0.428. The number of nitrogens with zero attached hydrogens (tertiary/aromatic N) is 3. The molecular formula is C24H23N3O4. The van der Waals surface area contributed by atoms with Gasteiger partial charge in [-0.2, -0.15) is 5.10 Å². The summed E-state index contributed by atoms with van der Waals surface area (Å²) in [6.07, 6.45) is 0. The molecule has 7 heteroatoms. The number of aryl methyl sites for hydroxylation is 1. The number of fused-ring (bicyclic) bond motifs is 1. The van der Waals surface area contributed by atoms with E-state index in [-0.39, 0.29) is 12.5 Å². The van der Waals surface area contributed by atoms with Crippen molar-refractivity contribution in [3.8, 4) is 11.4 Å². The Balaban J connectivity index is 1.43. The first kappa shape index (κ1) is 20.4. The monoisotopic (exact) mass is 417 g/mol. The van der Waals surface area contributed by atoms with E-state index in [2.05, 4.69) is 5.10 Å². The summed E-state index contributed by atoms with van der Waals surface area (Å²) in [6.45, 7) is 4.25. The number of amides is 1. The average molecular weight is 417 g/mol. The summed E-state index contributed by atoms with van der Waals surface area (Å²) >= 11 is 0. The third kappa shape index (κ3) is 4.35. The van der Waals surface area contributed by atoms with Gasteiger partial charge in [0.25, 0.3) is 5.91 Å². The van der Waals surface area contributed by atoms with E-state index in [0.29, 0.717) is 17.9 Å². The van der Waals surface area contributed by atoms with Crippen molar-refractivity contribution in [2.75, 3.05) is 13.7 Å². The highest BCUT2D eigenvalue weighted by Crippen LogP contribution is 2.21. The number of carbonyl (C=O) groups is 1. The van der Waals surface area contributed by atoms with Crippen LogP contribution in [0.25, 0.3) is 16.7 Å². The summed E-state index contributed by atoms with van der Waals surface area (Å²) in [5.41, 5.74) is 3.86. The van der Waals surface area contributed by atoms with Gasteiger partial charge in [0.2, 0.25) is 0 Å². The lowest BCUT2D eigenvalue weighted by Gasteiger charge is -2.18. The van der Waals surface area contributed by atoms with Crippen molar-refractivity contribution in [2.24, 2.45) is 0 Å². The molecule has 2 heterocycles. The Morgan fingerprint density at radius 2 is 1.84 bits per heavy atom. The quantitative estimate of drug-likeness (QED) is 0.448. The lowest BCUT2D eigenvalue weighted by atomic mass is 10.2. The standard InChI is InChI=1S/C24H23N3O4/c1-16-21(17(2)27(25-16)19-7-5-4-6-8-19)14-26(3)23(28)15-30-20-11-9-18-10-12-24(29)31-22(18)13-20/h4-13H,14-15H2,1-3H3. The molecule has 0 radical (unpaired) electrons. The highest BCUT2D eigenvalue weighted by atomic mass is 16.5. The molecule has 0 saturated carbocycles. The maximum absolute atomic E-state index is 12.6. The molecular weight excluding hydrogens is 394 g/mol. The van der Waals surface area contributed by atoms with Gasteiger partial charge in [0.15, 0.2) is 6.61 Å². The molecule has 0 aliphatic rings. The second kappa shape index (κ2) is 8.47. The van der Waals surface area contributed by atoms with Gasteiger partial charge < -0.3 is 14.1 Å². The van der Waals surface area contributed by atoms with Crippen molar-refractivity contribution >= 4 is 16.9 Å². The van der Waals surface area contributed by atoms with Crippen LogP contribution < -0.4 is 10.4 Å². The predicted molar refractivity (Wildman–Crippen MR) is 117 cm³/mol. The molecule has 0 N–H and O–H groups in total. The summed E-state index contributed by atoms with van der Waals surface area (Å²) in [5, 5.41) is 5.42. The normalized spacial score (nSPS) is 10.9. The molecule has 2 aromatic heterocycles. The Morgan fingerprint density at radius 3 is 2.61 bits per heavy atom. The van der Waals surface area contributed by atoms with E-state index in [0.717, 1.165) is 28.0 Å². The first-order valence-electron chi connectivity index (χ1n) is 9.93. The van der Waals surface area contributed by atoms with E-state index in [4.69, 9.17) is 9.15 Å². The van der Waals surface area contributed by atoms with Crippen molar-refractivity contribution in [1.29, 1.82) is 0 Å². The molecule has 1 amide bonds. The van der Waals surface area contributed by atoms with Crippen LogP contribution in [0.4, 0.5) is 0 Å².